The number of benzene rings is 2. The Kier molecular flexibility index (Phi) is 4.72. The molecular weight excluding hydrogens is 272 g/mol. The summed E-state index contributed by atoms with van der Waals surface area (Å²) >= 11 is 5.16. The van der Waals surface area contributed by atoms with E-state index in [1.807, 2.05) is 50.2 Å². The maximum atomic E-state index is 11.8. The zero-order valence-corrected chi connectivity index (χ0v) is 12.8. The number of hydrogen-bond acceptors (Lipinski definition) is 2. The Balaban J connectivity index is 2.10. The van der Waals surface area contributed by atoms with Crippen molar-refractivity contribution >= 4 is 30.2 Å². The number of carbonyl (C=O) groups is 1. The van der Waals surface area contributed by atoms with E-state index in [4.69, 9.17) is 0 Å². The van der Waals surface area contributed by atoms with Crippen LogP contribution < -0.4 is 0 Å². The zero-order valence-electron chi connectivity index (χ0n) is 11.0. The minimum atomic E-state index is 0.0461. The third kappa shape index (κ3) is 3.88. The van der Waals surface area contributed by atoms with Crippen LogP contribution in [0.3, 0.4) is 0 Å². The van der Waals surface area contributed by atoms with Gasteiger partial charge in [-0.15, -0.1) is 0 Å². The van der Waals surface area contributed by atoms with Crippen LogP contribution in [-0.2, 0) is 12.6 Å². The second-order valence-electron chi connectivity index (χ2n) is 4.67. The molecule has 2 aromatic rings. The van der Waals surface area contributed by atoms with E-state index in [-0.39, 0.29) is 11.7 Å². The van der Waals surface area contributed by atoms with E-state index >= 15 is 0 Å². The summed E-state index contributed by atoms with van der Waals surface area (Å²) in [4.78, 5) is 15.2. The number of hydrogen-bond donors (Lipinski definition) is 0. The van der Waals surface area contributed by atoms with E-state index in [9.17, 15) is 4.79 Å². The van der Waals surface area contributed by atoms with Gasteiger partial charge in [0.1, 0.15) is 4.90 Å². The molecule has 0 heterocycles. The fraction of sp³-hybridized carbons (Fsp3) is 0.188. The molecule has 2 rings (SSSR count). The van der Waals surface area contributed by atoms with Crippen LogP contribution in [0, 0.1) is 5.92 Å². The van der Waals surface area contributed by atoms with E-state index in [0.29, 0.717) is 0 Å². The Bertz CT molecular complexity index is 556. The summed E-state index contributed by atoms with van der Waals surface area (Å²) in [5, 5.41) is 0. The number of carbonyl (C=O) groups excluding carboxylic acids is 1. The van der Waals surface area contributed by atoms with Crippen molar-refractivity contribution in [2.45, 2.75) is 28.5 Å². The van der Waals surface area contributed by atoms with Gasteiger partial charge in [0, 0.05) is 21.3 Å². The Morgan fingerprint density at radius 1 is 0.947 bits per heavy atom. The van der Waals surface area contributed by atoms with E-state index in [0.717, 1.165) is 15.4 Å². The number of Topliss-reactive ketones (excluding diaryl/α,β-unsaturated/α-hetero) is 1. The molecule has 0 saturated heterocycles. The summed E-state index contributed by atoms with van der Waals surface area (Å²) in [5.74, 6) is 0.240. The molecule has 0 aromatic heterocycles. The summed E-state index contributed by atoms with van der Waals surface area (Å²) in [6, 6.07) is 16.0. The topological polar surface area (TPSA) is 17.1 Å². The van der Waals surface area contributed by atoms with E-state index in [2.05, 4.69) is 24.8 Å². The van der Waals surface area contributed by atoms with E-state index in [1.54, 1.807) is 11.8 Å². The predicted molar refractivity (Wildman–Crippen MR) is 84.6 cm³/mol. The molecule has 0 spiro atoms. The zero-order chi connectivity index (χ0) is 13.8. The largest absolute Gasteiger partial charge is 0.294 e. The van der Waals surface area contributed by atoms with Crippen LogP contribution >= 0.6 is 11.8 Å². The predicted octanol–water partition coefficient (Wildman–Crippen LogP) is 4.05. The molecule has 19 heavy (non-hydrogen) atoms. The Morgan fingerprint density at radius 2 is 1.42 bits per heavy atom. The smallest absolute Gasteiger partial charge is 0.165 e. The second-order valence-corrected chi connectivity index (χ2v) is 6.39. The van der Waals surface area contributed by atoms with Gasteiger partial charge in [-0.3, -0.25) is 4.79 Å². The molecule has 0 aliphatic carbocycles. The molecule has 2 aromatic carbocycles. The first-order valence-electron chi connectivity index (χ1n) is 6.20. The van der Waals surface area contributed by atoms with Gasteiger partial charge in [0.05, 0.1) is 0 Å². The highest BCUT2D eigenvalue weighted by Crippen LogP contribution is 2.28. The van der Waals surface area contributed by atoms with Crippen molar-refractivity contribution in [3.8, 4) is 0 Å². The molecule has 0 saturated carbocycles. The third-order valence-electron chi connectivity index (χ3n) is 2.75. The van der Waals surface area contributed by atoms with Crippen molar-refractivity contribution in [1.29, 1.82) is 0 Å². The summed E-state index contributed by atoms with van der Waals surface area (Å²) in [7, 11) is 0. The second kappa shape index (κ2) is 6.31. The van der Waals surface area contributed by atoms with Crippen LogP contribution in [0.1, 0.15) is 24.2 Å². The fourth-order valence-corrected chi connectivity index (χ4v) is 2.66. The normalized spacial score (nSPS) is 10.7. The van der Waals surface area contributed by atoms with Crippen molar-refractivity contribution in [3.05, 3.63) is 54.1 Å². The first-order chi connectivity index (χ1) is 9.06. The lowest BCUT2D eigenvalue weighted by Crippen LogP contribution is -2.06. The average Bonchev–Trinajstić information content (AvgIpc) is 2.41. The van der Waals surface area contributed by atoms with Crippen molar-refractivity contribution in [2.24, 2.45) is 5.92 Å². The molecule has 3 heteroatoms. The molecule has 0 atom stereocenters. The Hall–Kier alpha value is -1.19. The van der Waals surface area contributed by atoms with E-state index in [1.165, 1.54) is 4.90 Å². The van der Waals surface area contributed by atoms with Gasteiger partial charge in [-0.05, 0) is 49.0 Å². The highest BCUT2D eigenvalue weighted by atomic mass is 32.2. The lowest BCUT2D eigenvalue weighted by Gasteiger charge is -2.05. The van der Waals surface area contributed by atoms with Crippen LogP contribution in [0.25, 0.3) is 0 Å². The Labute approximate surface area is 123 Å². The van der Waals surface area contributed by atoms with Gasteiger partial charge in [0.2, 0.25) is 0 Å². The van der Waals surface area contributed by atoms with Crippen LogP contribution in [0.15, 0.2) is 63.2 Å². The molecule has 0 aliphatic rings. The van der Waals surface area contributed by atoms with Crippen LogP contribution in [0.2, 0.25) is 0 Å². The molecule has 98 valence electrons. The molecule has 0 unspecified atom stereocenters. The Morgan fingerprint density at radius 3 is 1.89 bits per heavy atom. The fourth-order valence-electron chi connectivity index (χ4n) is 1.68. The summed E-state index contributed by atoms with van der Waals surface area (Å²) in [6.45, 7) is 3.85. The number of ketones is 1. The molecule has 0 bridgehead atoms. The molecule has 0 radical (unpaired) electrons. The first-order valence-corrected chi connectivity index (χ1v) is 7.51. The first kappa shape index (κ1) is 14.2. The highest BCUT2D eigenvalue weighted by molar-refractivity contribution is 7.99. The molecular formula is C16H17OS2+. The van der Waals surface area contributed by atoms with Crippen molar-refractivity contribution in [3.63, 3.8) is 0 Å². The molecule has 1 nitrogen and oxygen atoms in total. The van der Waals surface area contributed by atoms with Crippen LogP contribution in [0.5, 0.6) is 0 Å². The molecule has 0 amide bonds. The van der Waals surface area contributed by atoms with Crippen LogP contribution in [0.4, 0.5) is 0 Å². The van der Waals surface area contributed by atoms with Gasteiger partial charge >= 0.3 is 0 Å². The van der Waals surface area contributed by atoms with Gasteiger partial charge in [-0.1, -0.05) is 37.7 Å². The van der Waals surface area contributed by atoms with E-state index < -0.39 is 0 Å². The van der Waals surface area contributed by atoms with Gasteiger partial charge in [-0.2, -0.15) is 0 Å². The molecule has 0 fully saturated rings. The third-order valence-corrected chi connectivity index (χ3v) is 4.10. The minimum Gasteiger partial charge on any atom is -0.294 e. The van der Waals surface area contributed by atoms with Crippen molar-refractivity contribution in [1.82, 2.24) is 0 Å². The molecule has 0 N–H and O–H groups in total. The maximum Gasteiger partial charge on any atom is 0.165 e. The summed E-state index contributed by atoms with van der Waals surface area (Å²) < 4.78 is 0. The minimum absolute atomic E-state index is 0.0461. The summed E-state index contributed by atoms with van der Waals surface area (Å²) in [5.41, 5.74) is 0.787. The standard InChI is InChI=1S/C16H16OS2/c1-11(2)16(17)12-3-7-14(8-4-12)19-15-9-5-13(18)6-10-15/h3-11,18H,1-2H3/p+1. The van der Waals surface area contributed by atoms with Crippen molar-refractivity contribution < 1.29 is 4.79 Å². The lowest BCUT2D eigenvalue weighted by atomic mass is 10.0. The van der Waals surface area contributed by atoms with Gasteiger partial charge in [-0.25, -0.2) is 0 Å². The van der Waals surface area contributed by atoms with Gasteiger partial charge in [0.25, 0.3) is 0 Å². The van der Waals surface area contributed by atoms with Crippen molar-refractivity contribution in [2.75, 3.05) is 0 Å². The van der Waals surface area contributed by atoms with Gasteiger partial charge in [0.15, 0.2) is 5.78 Å². The monoisotopic (exact) mass is 289 g/mol. The summed E-state index contributed by atoms with van der Waals surface area (Å²) in [6.07, 6.45) is 0. The van der Waals surface area contributed by atoms with Gasteiger partial charge < -0.3 is 0 Å². The SMILES string of the molecule is CC(C)C(=O)c1ccc(Sc2ccc([SH2+])cc2)cc1. The number of rotatable bonds is 4. The highest BCUT2D eigenvalue weighted by Gasteiger charge is 2.09. The average molecular weight is 289 g/mol. The van der Waals surface area contributed by atoms with Crippen LogP contribution in [-0.4, -0.2) is 5.78 Å². The maximum absolute atomic E-state index is 11.8. The molecule has 0 aliphatic heterocycles. The quantitative estimate of drug-likeness (QED) is 0.624. The lowest BCUT2D eigenvalue weighted by molar-refractivity contribution is 0.0939.